The molecule has 1 heterocycles. The molecule has 0 radical (unpaired) electrons. The Balaban J connectivity index is 1.39. The van der Waals surface area contributed by atoms with Crippen LogP contribution in [-0.4, -0.2) is 18.4 Å². The molecular formula is C21H19BrN2O4. The molecule has 7 heteroatoms. The third kappa shape index (κ3) is 5.99. The SMILES string of the molecule is O=C(CNC(=O)c1ccc(Br)o1)NCc1ccc(COc2ccccc2)cc1. The summed E-state index contributed by atoms with van der Waals surface area (Å²) in [6.45, 7) is 0.729. The number of para-hydroxylation sites is 1. The van der Waals surface area contributed by atoms with Gasteiger partial charge in [0.05, 0.1) is 6.54 Å². The number of carbonyl (C=O) groups is 2. The Bertz CT molecular complexity index is 923. The van der Waals surface area contributed by atoms with Crippen LogP contribution in [-0.2, 0) is 17.9 Å². The summed E-state index contributed by atoms with van der Waals surface area (Å²) >= 11 is 3.12. The highest BCUT2D eigenvalue weighted by Gasteiger charge is 2.11. The van der Waals surface area contributed by atoms with E-state index in [2.05, 4.69) is 26.6 Å². The Labute approximate surface area is 171 Å². The van der Waals surface area contributed by atoms with E-state index in [0.29, 0.717) is 17.8 Å². The van der Waals surface area contributed by atoms with Crippen molar-refractivity contribution in [3.05, 3.63) is 88.3 Å². The van der Waals surface area contributed by atoms with Gasteiger partial charge in [-0.05, 0) is 51.3 Å². The van der Waals surface area contributed by atoms with E-state index in [4.69, 9.17) is 9.15 Å². The minimum atomic E-state index is -0.441. The molecule has 0 spiro atoms. The third-order valence-corrected chi connectivity index (χ3v) is 4.29. The Morgan fingerprint density at radius 2 is 1.61 bits per heavy atom. The molecule has 3 aromatic rings. The molecular weight excluding hydrogens is 424 g/mol. The molecule has 0 bridgehead atoms. The van der Waals surface area contributed by atoms with Gasteiger partial charge in [-0.25, -0.2) is 0 Å². The second-order valence-corrected chi connectivity index (χ2v) is 6.76. The number of furan rings is 1. The highest BCUT2D eigenvalue weighted by molar-refractivity contribution is 9.10. The van der Waals surface area contributed by atoms with Crippen molar-refractivity contribution < 1.29 is 18.7 Å². The molecule has 2 amide bonds. The van der Waals surface area contributed by atoms with Crippen molar-refractivity contribution in [2.24, 2.45) is 0 Å². The molecule has 0 unspecified atom stereocenters. The average molecular weight is 443 g/mol. The van der Waals surface area contributed by atoms with Crippen LogP contribution in [0.5, 0.6) is 5.75 Å². The van der Waals surface area contributed by atoms with Gasteiger partial charge in [0.15, 0.2) is 10.4 Å². The molecule has 1 aromatic heterocycles. The van der Waals surface area contributed by atoms with Crippen molar-refractivity contribution in [2.45, 2.75) is 13.2 Å². The average Bonchev–Trinajstić information content (AvgIpc) is 3.17. The quantitative estimate of drug-likeness (QED) is 0.557. The van der Waals surface area contributed by atoms with Gasteiger partial charge in [0.2, 0.25) is 5.91 Å². The van der Waals surface area contributed by atoms with Crippen LogP contribution in [0.25, 0.3) is 0 Å². The van der Waals surface area contributed by atoms with Gasteiger partial charge in [-0.2, -0.15) is 0 Å². The molecule has 144 valence electrons. The van der Waals surface area contributed by atoms with Crippen molar-refractivity contribution in [1.29, 1.82) is 0 Å². The lowest BCUT2D eigenvalue weighted by atomic mass is 10.1. The molecule has 0 saturated carbocycles. The first-order valence-electron chi connectivity index (χ1n) is 8.66. The van der Waals surface area contributed by atoms with E-state index in [1.165, 1.54) is 6.07 Å². The lowest BCUT2D eigenvalue weighted by Gasteiger charge is -2.08. The van der Waals surface area contributed by atoms with E-state index in [-0.39, 0.29) is 18.2 Å². The first kappa shape index (κ1) is 19.7. The van der Waals surface area contributed by atoms with Crippen molar-refractivity contribution in [1.82, 2.24) is 10.6 Å². The van der Waals surface area contributed by atoms with Gasteiger partial charge >= 0.3 is 0 Å². The van der Waals surface area contributed by atoms with Crippen LogP contribution in [0, 0.1) is 0 Å². The molecule has 28 heavy (non-hydrogen) atoms. The second kappa shape index (κ2) is 9.75. The number of rotatable bonds is 8. The van der Waals surface area contributed by atoms with Gasteiger partial charge < -0.3 is 19.8 Å². The maximum Gasteiger partial charge on any atom is 0.287 e. The molecule has 0 saturated heterocycles. The summed E-state index contributed by atoms with van der Waals surface area (Å²) in [7, 11) is 0. The normalized spacial score (nSPS) is 10.3. The maximum atomic E-state index is 11.9. The highest BCUT2D eigenvalue weighted by Crippen LogP contribution is 2.14. The number of amides is 2. The molecule has 0 aliphatic rings. The van der Waals surface area contributed by atoms with Gasteiger partial charge in [-0.3, -0.25) is 9.59 Å². The fourth-order valence-electron chi connectivity index (χ4n) is 2.38. The summed E-state index contributed by atoms with van der Waals surface area (Å²) in [5.41, 5.74) is 1.99. The zero-order valence-electron chi connectivity index (χ0n) is 15.0. The first-order chi connectivity index (χ1) is 13.6. The number of ether oxygens (including phenoxy) is 1. The minimum Gasteiger partial charge on any atom is -0.489 e. The molecule has 2 aromatic carbocycles. The molecule has 2 N–H and O–H groups in total. The smallest absolute Gasteiger partial charge is 0.287 e. The molecule has 0 fully saturated rings. The Hall–Kier alpha value is -3.06. The summed E-state index contributed by atoms with van der Waals surface area (Å²) in [6, 6.07) is 20.5. The number of carbonyl (C=O) groups excluding carboxylic acids is 2. The highest BCUT2D eigenvalue weighted by atomic mass is 79.9. The van der Waals surface area contributed by atoms with Crippen LogP contribution in [0.1, 0.15) is 21.7 Å². The predicted molar refractivity (Wildman–Crippen MR) is 108 cm³/mol. The van der Waals surface area contributed by atoms with Crippen LogP contribution in [0.15, 0.2) is 75.8 Å². The largest absolute Gasteiger partial charge is 0.489 e. The number of nitrogens with one attached hydrogen (secondary N) is 2. The summed E-state index contributed by atoms with van der Waals surface area (Å²) in [4.78, 5) is 23.7. The second-order valence-electron chi connectivity index (χ2n) is 5.98. The van der Waals surface area contributed by atoms with Gasteiger partial charge in [-0.1, -0.05) is 42.5 Å². The van der Waals surface area contributed by atoms with Crippen LogP contribution >= 0.6 is 15.9 Å². The minimum absolute atomic E-state index is 0.125. The summed E-state index contributed by atoms with van der Waals surface area (Å²) < 4.78 is 11.3. The molecule has 0 atom stereocenters. The third-order valence-electron chi connectivity index (χ3n) is 3.87. The number of hydrogen-bond donors (Lipinski definition) is 2. The lowest BCUT2D eigenvalue weighted by molar-refractivity contribution is -0.120. The molecule has 0 aliphatic heterocycles. The molecule has 6 nitrogen and oxygen atoms in total. The van der Waals surface area contributed by atoms with Crippen molar-refractivity contribution in [2.75, 3.05) is 6.54 Å². The number of hydrogen-bond acceptors (Lipinski definition) is 4. The topological polar surface area (TPSA) is 80.6 Å². The monoisotopic (exact) mass is 442 g/mol. The summed E-state index contributed by atoms with van der Waals surface area (Å²) in [5, 5.41) is 5.27. The van der Waals surface area contributed by atoms with Crippen LogP contribution < -0.4 is 15.4 Å². The first-order valence-corrected chi connectivity index (χ1v) is 9.45. The Morgan fingerprint density at radius 1 is 0.893 bits per heavy atom. The summed E-state index contributed by atoms with van der Waals surface area (Å²) in [6.07, 6.45) is 0. The van der Waals surface area contributed by atoms with E-state index in [0.717, 1.165) is 16.9 Å². The van der Waals surface area contributed by atoms with Crippen molar-refractivity contribution >= 4 is 27.7 Å². The number of halogens is 1. The van der Waals surface area contributed by atoms with Gasteiger partial charge in [0.1, 0.15) is 12.4 Å². The van der Waals surface area contributed by atoms with E-state index in [1.54, 1.807) is 6.07 Å². The lowest BCUT2D eigenvalue weighted by Crippen LogP contribution is -2.36. The van der Waals surface area contributed by atoms with Crippen molar-refractivity contribution in [3.8, 4) is 5.75 Å². The molecule has 3 rings (SSSR count). The van der Waals surface area contributed by atoms with E-state index >= 15 is 0 Å². The van der Waals surface area contributed by atoms with E-state index in [1.807, 2.05) is 54.6 Å². The van der Waals surface area contributed by atoms with Gasteiger partial charge in [0, 0.05) is 6.54 Å². The maximum absolute atomic E-state index is 11.9. The summed E-state index contributed by atoms with van der Waals surface area (Å²) in [5.74, 6) is 0.245. The molecule has 0 aliphatic carbocycles. The van der Waals surface area contributed by atoms with Crippen LogP contribution in [0.2, 0.25) is 0 Å². The van der Waals surface area contributed by atoms with Crippen molar-refractivity contribution in [3.63, 3.8) is 0 Å². The fraction of sp³-hybridized carbons (Fsp3) is 0.143. The van der Waals surface area contributed by atoms with Crippen LogP contribution in [0.3, 0.4) is 0 Å². The van der Waals surface area contributed by atoms with E-state index in [9.17, 15) is 9.59 Å². The zero-order chi connectivity index (χ0) is 19.8. The fourth-order valence-corrected chi connectivity index (χ4v) is 2.69. The van der Waals surface area contributed by atoms with Gasteiger partial charge in [0.25, 0.3) is 5.91 Å². The zero-order valence-corrected chi connectivity index (χ0v) is 16.6. The van der Waals surface area contributed by atoms with Crippen LogP contribution in [0.4, 0.5) is 0 Å². The Morgan fingerprint density at radius 3 is 2.29 bits per heavy atom. The number of benzene rings is 2. The van der Waals surface area contributed by atoms with Gasteiger partial charge in [-0.15, -0.1) is 0 Å². The van der Waals surface area contributed by atoms with E-state index < -0.39 is 5.91 Å². The Kier molecular flexibility index (Phi) is 6.86. The predicted octanol–water partition coefficient (Wildman–Crippen LogP) is 3.67. The standard InChI is InChI=1S/C21H19BrN2O4/c22-19-11-10-18(28-19)21(26)24-13-20(25)23-12-15-6-8-16(9-7-15)14-27-17-4-2-1-3-5-17/h1-11H,12-14H2,(H,23,25)(H,24,26).